The van der Waals surface area contributed by atoms with Crippen molar-refractivity contribution in [3.8, 4) is 0 Å². The first kappa shape index (κ1) is 29.1. The summed E-state index contributed by atoms with van der Waals surface area (Å²) >= 11 is 0. The van der Waals surface area contributed by atoms with Gasteiger partial charge in [0.05, 0.1) is 0 Å². The standard InChI is InChI=1S/C18H24N4.2C2HF3O2/c1-20-8-3-5-17(20)12-22-14-18(15-22)6-9-21(13-18)11-16-4-2-7-19-10-16;2*3-2(4,5)1(6)7/h2-5,7-8,10H,6,9,11-15H2,1H3;2*(H,6,7). The molecule has 14 heteroatoms. The summed E-state index contributed by atoms with van der Waals surface area (Å²) in [6, 6.07) is 8.58. The second-order valence-corrected chi connectivity index (χ2v) is 8.68. The number of carbonyl (C=O) groups is 2. The van der Waals surface area contributed by atoms with Crippen LogP contribution in [0.3, 0.4) is 0 Å². The number of hydrogen-bond donors (Lipinski definition) is 2. The van der Waals surface area contributed by atoms with Crippen molar-refractivity contribution in [2.45, 2.75) is 31.9 Å². The van der Waals surface area contributed by atoms with Crippen molar-refractivity contribution in [2.75, 3.05) is 26.2 Å². The fourth-order valence-corrected chi connectivity index (χ4v) is 4.07. The van der Waals surface area contributed by atoms with Crippen LogP contribution in [0.15, 0.2) is 42.9 Å². The zero-order chi connectivity index (χ0) is 27.1. The summed E-state index contributed by atoms with van der Waals surface area (Å²) in [5, 5.41) is 14.2. The number of aryl methyl sites for hydroxylation is 1. The van der Waals surface area contributed by atoms with E-state index in [0.717, 1.165) is 13.1 Å². The van der Waals surface area contributed by atoms with E-state index in [-0.39, 0.29) is 0 Å². The molecule has 0 bridgehead atoms. The summed E-state index contributed by atoms with van der Waals surface area (Å²) in [5.41, 5.74) is 3.30. The Hall–Kier alpha value is -3.13. The van der Waals surface area contributed by atoms with Gasteiger partial charge >= 0.3 is 24.3 Å². The molecule has 0 aliphatic carbocycles. The number of aliphatic carboxylic acids is 2. The lowest BCUT2D eigenvalue weighted by atomic mass is 9.79. The van der Waals surface area contributed by atoms with Crippen LogP contribution < -0.4 is 0 Å². The lowest BCUT2D eigenvalue weighted by Crippen LogP contribution is -2.56. The van der Waals surface area contributed by atoms with Crippen molar-refractivity contribution >= 4 is 11.9 Å². The van der Waals surface area contributed by atoms with E-state index >= 15 is 0 Å². The maximum absolute atomic E-state index is 10.6. The molecule has 0 unspecified atom stereocenters. The van der Waals surface area contributed by atoms with Gasteiger partial charge in [0.25, 0.3) is 0 Å². The van der Waals surface area contributed by atoms with Crippen molar-refractivity contribution in [3.05, 3.63) is 54.1 Å². The third-order valence-electron chi connectivity index (χ3n) is 5.69. The highest BCUT2D eigenvalue weighted by molar-refractivity contribution is 5.73. The maximum atomic E-state index is 10.6. The molecule has 0 saturated carbocycles. The van der Waals surface area contributed by atoms with E-state index in [1.807, 2.05) is 18.5 Å². The van der Waals surface area contributed by atoms with Crippen LogP contribution in [0.5, 0.6) is 0 Å². The zero-order valence-corrected chi connectivity index (χ0v) is 19.3. The fraction of sp³-hybridized carbons (Fsp3) is 0.500. The normalized spacial score (nSPS) is 17.4. The van der Waals surface area contributed by atoms with E-state index in [2.05, 4.69) is 50.8 Å². The monoisotopic (exact) mass is 524 g/mol. The minimum Gasteiger partial charge on any atom is -0.475 e. The third kappa shape index (κ3) is 8.82. The lowest BCUT2D eigenvalue weighted by molar-refractivity contribution is -0.193. The molecule has 2 saturated heterocycles. The molecule has 200 valence electrons. The number of carboxylic acid groups (broad SMARTS) is 2. The van der Waals surface area contributed by atoms with Crippen molar-refractivity contribution in [1.29, 1.82) is 0 Å². The molecule has 1 spiro atoms. The van der Waals surface area contributed by atoms with Crippen LogP contribution in [-0.2, 0) is 29.7 Å². The molecular weight excluding hydrogens is 498 g/mol. The van der Waals surface area contributed by atoms with Gasteiger partial charge in [-0.05, 0) is 36.7 Å². The van der Waals surface area contributed by atoms with Crippen molar-refractivity contribution in [2.24, 2.45) is 12.5 Å². The van der Waals surface area contributed by atoms with Gasteiger partial charge in [-0.3, -0.25) is 14.8 Å². The largest absolute Gasteiger partial charge is 0.490 e. The Morgan fingerprint density at radius 3 is 1.94 bits per heavy atom. The third-order valence-corrected chi connectivity index (χ3v) is 5.69. The number of hydrogen-bond acceptors (Lipinski definition) is 5. The van der Waals surface area contributed by atoms with Crippen LogP contribution in [0.1, 0.15) is 17.7 Å². The van der Waals surface area contributed by atoms with E-state index < -0.39 is 24.3 Å². The Labute approximate surface area is 202 Å². The molecule has 0 atom stereocenters. The van der Waals surface area contributed by atoms with Gasteiger partial charge in [-0.25, -0.2) is 9.59 Å². The molecule has 2 N–H and O–H groups in total. The summed E-state index contributed by atoms with van der Waals surface area (Å²) in [4.78, 5) is 27.2. The smallest absolute Gasteiger partial charge is 0.475 e. The predicted molar refractivity (Wildman–Crippen MR) is 115 cm³/mol. The highest BCUT2D eigenvalue weighted by Crippen LogP contribution is 2.40. The van der Waals surface area contributed by atoms with Crippen LogP contribution in [0.2, 0.25) is 0 Å². The average Bonchev–Trinajstić information content (AvgIpc) is 3.35. The first-order chi connectivity index (χ1) is 16.6. The highest BCUT2D eigenvalue weighted by atomic mass is 19.4. The minimum absolute atomic E-state index is 0.549. The second kappa shape index (κ2) is 11.7. The molecule has 4 heterocycles. The number of alkyl halides is 6. The van der Waals surface area contributed by atoms with Crippen LogP contribution in [0.25, 0.3) is 0 Å². The molecule has 2 aliphatic heterocycles. The predicted octanol–water partition coefficient (Wildman–Crippen LogP) is 3.39. The van der Waals surface area contributed by atoms with Gasteiger partial charge in [-0.2, -0.15) is 26.3 Å². The Balaban J connectivity index is 0.000000271. The first-order valence-corrected chi connectivity index (χ1v) is 10.7. The summed E-state index contributed by atoms with van der Waals surface area (Å²) in [7, 11) is 2.14. The summed E-state index contributed by atoms with van der Waals surface area (Å²) < 4.78 is 65.7. The number of aromatic nitrogens is 2. The summed E-state index contributed by atoms with van der Waals surface area (Å²) in [6.07, 6.45) is -2.84. The van der Waals surface area contributed by atoms with E-state index in [1.54, 1.807) is 0 Å². The Morgan fingerprint density at radius 1 is 0.944 bits per heavy atom. The van der Waals surface area contributed by atoms with Gasteiger partial charge in [-0.1, -0.05) is 6.07 Å². The summed E-state index contributed by atoms with van der Waals surface area (Å²) in [6.45, 7) is 7.11. The van der Waals surface area contributed by atoms with Crippen molar-refractivity contribution < 1.29 is 46.1 Å². The second-order valence-electron chi connectivity index (χ2n) is 8.68. The molecule has 2 aromatic heterocycles. The van der Waals surface area contributed by atoms with E-state index in [0.29, 0.717) is 5.41 Å². The van der Waals surface area contributed by atoms with Crippen LogP contribution in [0.4, 0.5) is 26.3 Å². The van der Waals surface area contributed by atoms with Gasteiger partial charge in [0.1, 0.15) is 0 Å². The highest BCUT2D eigenvalue weighted by Gasteiger charge is 2.47. The first-order valence-electron chi connectivity index (χ1n) is 10.7. The van der Waals surface area contributed by atoms with Gasteiger partial charge < -0.3 is 14.8 Å². The van der Waals surface area contributed by atoms with Crippen molar-refractivity contribution in [1.82, 2.24) is 19.4 Å². The minimum atomic E-state index is -5.08. The van der Waals surface area contributed by atoms with Crippen LogP contribution in [-0.4, -0.2) is 80.0 Å². The summed E-state index contributed by atoms with van der Waals surface area (Å²) in [5.74, 6) is -5.51. The van der Waals surface area contributed by atoms with Crippen molar-refractivity contribution in [3.63, 3.8) is 0 Å². The van der Waals surface area contributed by atoms with E-state index in [4.69, 9.17) is 19.8 Å². The molecule has 2 fully saturated rings. The molecule has 0 radical (unpaired) electrons. The quantitative estimate of drug-likeness (QED) is 0.592. The molecule has 2 aliphatic rings. The van der Waals surface area contributed by atoms with E-state index in [1.165, 1.54) is 43.9 Å². The molecule has 36 heavy (non-hydrogen) atoms. The maximum Gasteiger partial charge on any atom is 0.490 e. The number of likely N-dealkylation sites (tertiary alicyclic amines) is 2. The van der Waals surface area contributed by atoms with Gasteiger partial charge in [0, 0.05) is 69.5 Å². The Bertz CT molecular complexity index is 980. The van der Waals surface area contributed by atoms with Crippen LogP contribution >= 0.6 is 0 Å². The average molecular weight is 524 g/mol. The zero-order valence-electron chi connectivity index (χ0n) is 19.3. The molecule has 4 rings (SSSR count). The number of pyridine rings is 1. The molecule has 8 nitrogen and oxygen atoms in total. The number of carboxylic acids is 2. The Kier molecular flexibility index (Phi) is 9.49. The molecule has 2 aromatic rings. The fourth-order valence-electron chi connectivity index (χ4n) is 4.07. The van der Waals surface area contributed by atoms with Gasteiger partial charge in [-0.15, -0.1) is 0 Å². The Morgan fingerprint density at radius 2 is 1.50 bits per heavy atom. The van der Waals surface area contributed by atoms with Gasteiger partial charge in [0.2, 0.25) is 0 Å². The molecule has 0 amide bonds. The number of halogens is 6. The number of rotatable bonds is 4. The SMILES string of the molecule is Cn1cccc1CN1CC2(CCN(Cc3cccnc3)C2)C1.O=C(O)C(F)(F)F.O=C(O)C(F)(F)F. The molecule has 0 aromatic carbocycles. The van der Waals surface area contributed by atoms with Gasteiger partial charge in [0.15, 0.2) is 0 Å². The molecular formula is C22H26F6N4O4. The topological polar surface area (TPSA) is 98.9 Å². The lowest BCUT2D eigenvalue weighted by Gasteiger charge is -2.48. The number of nitrogens with zero attached hydrogens (tertiary/aromatic N) is 4. The van der Waals surface area contributed by atoms with E-state index in [9.17, 15) is 26.3 Å². The van der Waals surface area contributed by atoms with Crippen LogP contribution in [0, 0.1) is 5.41 Å².